The van der Waals surface area contributed by atoms with Gasteiger partial charge in [0.05, 0.1) is 11.6 Å². The van der Waals surface area contributed by atoms with E-state index in [1.807, 2.05) is 25.1 Å². The average molecular weight is 320 g/mol. The number of aliphatic hydroxyl groups excluding tert-OH is 1. The zero-order valence-corrected chi connectivity index (χ0v) is 13.3. The summed E-state index contributed by atoms with van der Waals surface area (Å²) in [5.74, 6) is -0.000512. The van der Waals surface area contributed by atoms with E-state index in [1.165, 1.54) is 0 Å². The minimum absolute atomic E-state index is 0.000512. The van der Waals surface area contributed by atoms with Crippen LogP contribution in [0.4, 0.5) is 0 Å². The van der Waals surface area contributed by atoms with E-state index in [1.54, 1.807) is 12.1 Å². The number of aromatic nitrogens is 1. The smallest absolute Gasteiger partial charge is 0.242 e. The fraction of sp³-hybridized carbons (Fsp3) is 0.438. The Bertz CT molecular complexity index is 789. The number of fused-ring (bicyclic) bond motifs is 1. The van der Waals surface area contributed by atoms with Crippen LogP contribution in [0.3, 0.4) is 0 Å². The maximum Gasteiger partial charge on any atom is 0.242 e. The second-order valence-electron chi connectivity index (χ2n) is 5.89. The van der Waals surface area contributed by atoms with Gasteiger partial charge in [-0.05, 0) is 37.8 Å². The second kappa shape index (κ2) is 5.95. The Hall–Kier alpha value is -1.50. The van der Waals surface area contributed by atoms with E-state index >= 15 is 0 Å². The van der Waals surface area contributed by atoms with Crippen molar-refractivity contribution in [3.05, 3.63) is 36.0 Å². The molecule has 0 spiro atoms. The largest absolute Gasteiger partial charge is 0.393 e. The molecule has 2 N–H and O–H groups in total. The van der Waals surface area contributed by atoms with Crippen molar-refractivity contribution in [3.8, 4) is 0 Å². The molecule has 3 rings (SSSR count). The van der Waals surface area contributed by atoms with E-state index in [0.717, 1.165) is 30.3 Å². The highest BCUT2D eigenvalue weighted by Gasteiger charge is 2.27. The fourth-order valence-electron chi connectivity index (χ4n) is 2.98. The first-order valence-electron chi connectivity index (χ1n) is 7.51. The molecule has 2 aromatic rings. The lowest BCUT2D eigenvalue weighted by Crippen LogP contribution is -2.32. The molecule has 0 aliphatic heterocycles. The molecule has 1 aliphatic carbocycles. The molecular weight excluding hydrogens is 300 g/mol. The summed E-state index contributed by atoms with van der Waals surface area (Å²) in [5, 5.41) is 10.6. The van der Waals surface area contributed by atoms with Crippen molar-refractivity contribution in [2.75, 3.05) is 6.54 Å². The van der Waals surface area contributed by atoms with Crippen LogP contribution in [0.2, 0.25) is 0 Å². The molecule has 1 heterocycles. The molecule has 1 saturated carbocycles. The maximum atomic E-state index is 12.6. The van der Waals surface area contributed by atoms with Crippen LogP contribution in [0.25, 0.3) is 10.9 Å². The van der Waals surface area contributed by atoms with Gasteiger partial charge in [-0.25, -0.2) is 13.1 Å². The van der Waals surface area contributed by atoms with Crippen LogP contribution in [0.1, 0.15) is 25.0 Å². The molecule has 1 aliphatic rings. The number of nitrogens with one attached hydrogen (secondary N) is 1. The van der Waals surface area contributed by atoms with Gasteiger partial charge in [-0.2, -0.15) is 0 Å². The first-order chi connectivity index (χ1) is 10.5. The van der Waals surface area contributed by atoms with Crippen LogP contribution < -0.4 is 4.72 Å². The van der Waals surface area contributed by atoms with Crippen LogP contribution in [-0.4, -0.2) is 31.2 Å². The van der Waals surface area contributed by atoms with Crippen LogP contribution in [0.5, 0.6) is 0 Å². The Balaban J connectivity index is 1.90. The second-order valence-corrected chi connectivity index (χ2v) is 7.63. The highest BCUT2D eigenvalue weighted by molar-refractivity contribution is 7.89. The lowest BCUT2D eigenvalue weighted by Gasteiger charge is -2.16. The molecule has 1 aromatic heterocycles. The topological polar surface area (TPSA) is 79.3 Å². The molecule has 1 aromatic carbocycles. The molecule has 0 unspecified atom stereocenters. The molecule has 5 nitrogen and oxygen atoms in total. The van der Waals surface area contributed by atoms with Gasteiger partial charge < -0.3 is 5.11 Å². The summed E-state index contributed by atoms with van der Waals surface area (Å²) in [5.41, 5.74) is 1.27. The third kappa shape index (κ3) is 2.99. The third-order valence-corrected chi connectivity index (χ3v) is 5.72. The summed E-state index contributed by atoms with van der Waals surface area (Å²) in [6.07, 6.45) is 2.15. The zero-order valence-electron chi connectivity index (χ0n) is 12.5. The van der Waals surface area contributed by atoms with Gasteiger partial charge >= 0.3 is 0 Å². The van der Waals surface area contributed by atoms with Crippen molar-refractivity contribution in [2.45, 2.75) is 37.2 Å². The summed E-state index contributed by atoms with van der Waals surface area (Å²) in [7, 11) is -3.64. The highest BCUT2D eigenvalue weighted by atomic mass is 32.2. The van der Waals surface area contributed by atoms with Crippen molar-refractivity contribution in [1.82, 2.24) is 9.71 Å². The number of benzene rings is 1. The summed E-state index contributed by atoms with van der Waals surface area (Å²) in [6, 6.07) is 8.88. The molecule has 6 heteroatoms. The molecule has 1 fully saturated rings. The number of sulfonamides is 1. The molecule has 118 valence electrons. The number of aryl methyl sites for hydroxylation is 1. The molecule has 0 radical (unpaired) electrons. The third-order valence-electron chi connectivity index (χ3n) is 4.27. The molecule has 0 bridgehead atoms. The lowest BCUT2D eigenvalue weighted by molar-refractivity contribution is 0.134. The van der Waals surface area contributed by atoms with Gasteiger partial charge in [0.1, 0.15) is 4.90 Å². The van der Waals surface area contributed by atoms with Crippen LogP contribution in [0.15, 0.2) is 35.2 Å². The van der Waals surface area contributed by atoms with Gasteiger partial charge in [0.15, 0.2) is 0 Å². The standard InChI is InChI=1S/C16H20N2O3S/c1-11-8-9-12-4-3-7-15(16(12)18-11)22(20,21)17-10-13-5-2-6-14(13)19/h3-4,7-9,13-14,17,19H,2,5-6,10H2,1H3/t13-,14+/m1/s1. The number of hydrogen-bond donors (Lipinski definition) is 2. The van der Waals surface area contributed by atoms with Gasteiger partial charge in [-0.15, -0.1) is 0 Å². The summed E-state index contributed by atoms with van der Waals surface area (Å²) in [6.45, 7) is 2.11. The summed E-state index contributed by atoms with van der Waals surface area (Å²) >= 11 is 0. The van der Waals surface area contributed by atoms with E-state index in [9.17, 15) is 13.5 Å². The minimum Gasteiger partial charge on any atom is -0.393 e. The summed E-state index contributed by atoms with van der Waals surface area (Å²) < 4.78 is 27.8. The van der Waals surface area contributed by atoms with Crippen molar-refractivity contribution in [2.24, 2.45) is 5.92 Å². The quantitative estimate of drug-likeness (QED) is 0.903. The maximum absolute atomic E-state index is 12.6. The summed E-state index contributed by atoms with van der Waals surface area (Å²) in [4.78, 5) is 4.56. The average Bonchev–Trinajstić information content (AvgIpc) is 2.90. The first kappa shape index (κ1) is 15.4. The number of rotatable bonds is 4. The Morgan fingerprint density at radius 1 is 1.27 bits per heavy atom. The van der Waals surface area contributed by atoms with Crippen molar-refractivity contribution in [3.63, 3.8) is 0 Å². The van der Waals surface area contributed by atoms with Gasteiger partial charge in [-0.3, -0.25) is 4.98 Å². The molecule has 22 heavy (non-hydrogen) atoms. The fourth-order valence-corrected chi connectivity index (χ4v) is 4.25. The van der Waals surface area contributed by atoms with Crippen LogP contribution in [0, 0.1) is 12.8 Å². The zero-order chi connectivity index (χ0) is 15.7. The number of aliphatic hydroxyl groups is 1. The number of nitrogens with zero attached hydrogens (tertiary/aromatic N) is 1. The van der Waals surface area contributed by atoms with Crippen LogP contribution >= 0.6 is 0 Å². The van der Waals surface area contributed by atoms with E-state index < -0.39 is 16.1 Å². The SMILES string of the molecule is Cc1ccc2cccc(S(=O)(=O)NC[C@H]3CCC[C@@H]3O)c2n1. The predicted octanol–water partition coefficient (Wildman–Crippen LogP) is 1.98. The molecule has 0 saturated heterocycles. The Morgan fingerprint density at radius 2 is 2.09 bits per heavy atom. The Labute approximate surface area is 130 Å². The molecule has 2 atom stereocenters. The van der Waals surface area contributed by atoms with E-state index in [2.05, 4.69) is 9.71 Å². The van der Waals surface area contributed by atoms with Crippen molar-refractivity contribution < 1.29 is 13.5 Å². The Kier molecular flexibility index (Phi) is 4.16. The molecule has 0 amide bonds. The van der Waals surface area contributed by atoms with Crippen molar-refractivity contribution in [1.29, 1.82) is 0 Å². The lowest BCUT2D eigenvalue weighted by atomic mass is 10.1. The van der Waals surface area contributed by atoms with Gasteiger partial charge in [0.2, 0.25) is 10.0 Å². The van der Waals surface area contributed by atoms with Gasteiger partial charge in [-0.1, -0.05) is 24.6 Å². The van der Waals surface area contributed by atoms with Crippen molar-refractivity contribution >= 4 is 20.9 Å². The minimum atomic E-state index is -3.64. The number of hydrogen-bond acceptors (Lipinski definition) is 4. The van der Waals surface area contributed by atoms with E-state index in [-0.39, 0.29) is 17.4 Å². The van der Waals surface area contributed by atoms with Gasteiger partial charge in [0, 0.05) is 17.6 Å². The Morgan fingerprint density at radius 3 is 2.82 bits per heavy atom. The normalized spacial score (nSPS) is 22.3. The first-order valence-corrected chi connectivity index (χ1v) is 9.00. The van der Waals surface area contributed by atoms with E-state index in [4.69, 9.17) is 0 Å². The monoisotopic (exact) mass is 320 g/mol. The highest BCUT2D eigenvalue weighted by Crippen LogP contribution is 2.26. The molecular formula is C16H20N2O3S. The van der Waals surface area contributed by atoms with E-state index in [0.29, 0.717) is 5.52 Å². The number of pyridine rings is 1. The van der Waals surface area contributed by atoms with Crippen LogP contribution in [-0.2, 0) is 10.0 Å². The number of para-hydroxylation sites is 1. The predicted molar refractivity (Wildman–Crippen MR) is 85.0 cm³/mol. The van der Waals surface area contributed by atoms with Gasteiger partial charge in [0.25, 0.3) is 0 Å².